The van der Waals surface area contributed by atoms with Crippen LogP contribution in [-0.2, 0) is 0 Å². The summed E-state index contributed by atoms with van der Waals surface area (Å²) in [6.45, 7) is 2.16. The number of benzene rings is 1. The van der Waals surface area contributed by atoms with Crippen molar-refractivity contribution >= 4 is 5.69 Å². The summed E-state index contributed by atoms with van der Waals surface area (Å²) in [7, 11) is 0. The molecule has 3 N–H and O–H groups in total. The normalized spacial score (nSPS) is 12.5. The number of aliphatic hydroxyl groups is 2. The lowest BCUT2D eigenvalue weighted by molar-refractivity contribution is 0.105. The minimum atomic E-state index is -0.695. The van der Waals surface area contributed by atoms with Crippen LogP contribution in [-0.4, -0.2) is 29.5 Å². The van der Waals surface area contributed by atoms with Crippen LogP contribution in [0.15, 0.2) is 24.3 Å². The molecule has 3 heteroatoms. The molecule has 0 aliphatic heterocycles. The fourth-order valence-electron chi connectivity index (χ4n) is 1.06. The number of rotatable bonds is 4. The number of nitrogens with one attached hydrogen (secondary N) is 1. The summed E-state index contributed by atoms with van der Waals surface area (Å²) in [4.78, 5) is 0. The molecule has 0 fully saturated rings. The molecule has 13 heavy (non-hydrogen) atoms. The van der Waals surface area contributed by atoms with Gasteiger partial charge in [-0.3, -0.25) is 0 Å². The monoisotopic (exact) mass is 181 g/mol. The molecular weight excluding hydrogens is 166 g/mol. The van der Waals surface area contributed by atoms with Gasteiger partial charge in [-0.1, -0.05) is 18.2 Å². The molecule has 0 radical (unpaired) electrons. The molecule has 3 nitrogen and oxygen atoms in total. The average molecular weight is 181 g/mol. The molecule has 1 atom stereocenters. The predicted molar refractivity (Wildman–Crippen MR) is 52.8 cm³/mol. The van der Waals surface area contributed by atoms with Crippen molar-refractivity contribution < 1.29 is 10.2 Å². The van der Waals surface area contributed by atoms with E-state index in [0.29, 0.717) is 6.54 Å². The molecule has 0 aliphatic carbocycles. The molecule has 0 saturated heterocycles. The first-order chi connectivity index (χ1) is 6.24. The quantitative estimate of drug-likeness (QED) is 0.642. The molecule has 0 aliphatic rings. The van der Waals surface area contributed by atoms with E-state index in [0.717, 1.165) is 11.3 Å². The number of para-hydroxylation sites is 1. The van der Waals surface area contributed by atoms with Gasteiger partial charge in [-0.05, 0) is 18.6 Å². The number of hydrogen-bond acceptors (Lipinski definition) is 3. The zero-order valence-electron chi connectivity index (χ0n) is 7.70. The third-order valence-electron chi connectivity index (χ3n) is 1.88. The third-order valence-corrected chi connectivity index (χ3v) is 1.88. The Balaban J connectivity index is 2.50. The minimum Gasteiger partial charge on any atom is -0.394 e. The second-order valence-corrected chi connectivity index (χ2v) is 3.03. The van der Waals surface area contributed by atoms with Crippen molar-refractivity contribution in [2.24, 2.45) is 0 Å². The Labute approximate surface area is 78.0 Å². The van der Waals surface area contributed by atoms with E-state index < -0.39 is 6.10 Å². The van der Waals surface area contributed by atoms with Crippen molar-refractivity contribution in [2.45, 2.75) is 13.0 Å². The Kier molecular flexibility index (Phi) is 3.73. The van der Waals surface area contributed by atoms with Gasteiger partial charge in [0.15, 0.2) is 0 Å². The highest BCUT2D eigenvalue weighted by molar-refractivity contribution is 5.50. The van der Waals surface area contributed by atoms with Gasteiger partial charge >= 0.3 is 0 Å². The highest BCUT2D eigenvalue weighted by atomic mass is 16.3. The van der Waals surface area contributed by atoms with Crippen molar-refractivity contribution in [3.63, 3.8) is 0 Å². The Hall–Kier alpha value is -1.06. The molecule has 72 valence electrons. The minimum absolute atomic E-state index is 0.209. The van der Waals surface area contributed by atoms with E-state index in [1.165, 1.54) is 0 Å². The van der Waals surface area contributed by atoms with Gasteiger partial charge in [0.1, 0.15) is 0 Å². The van der Waals surface area contributed by atoms with E-state index in [1.54, 1.807) is 0 Å². The first kappa shape index (κ1) is 10.0. The second-order valence-electron chi connectivity index (χ2n) is 3.03. The summed E-state index contributed by atoms with van der Waals surface area (Å²) < 4.78 is 0. The number of hydrogen-bond donors (Lipinski definition) is 3. The fourth-order valence-corrected chi connectivity index (χ4v) is 1.06. The van der Waals surface area contributed by atoms with Gasteiger partial charge in [0.05, 0.1) is 12.7 Å². The maximum Gasteiger partial charge on any atom is 0.0942 e. The van der Waals surface area contributed by atoms with Gasteiger partial charge in [0.25, 0.3) is 0 Å². The van der Waals surface area contributed by atoms with Gasteiger partial charge in [0.2, 0.25) is 0 Å². The van der Waals surface area contributed by atoms with Gasteiger partial charge in [0, 0.05) is 12.2 Å². The molecule has 1 aromatic rings. The highest BCUT2D eigenvalue weighted by Gasteiger charge is 2.01. The number of anilines is 1. The topological polar surface area (TPSA) is 52.5 Å². The number of aliphatic hydroxyl groups excluding tert-OH is 2. The lowest BCUT2D eigenvalue weighted by Crippen LogP contribution is -2.23. The average Bonchev–Trinajstić information content (AvgIpc) is 2.16. The lowest BCUT2D eigenvalue weighted by Gasteiger charge is -2.11. The first-order valence-electron chi connectivity index (χ1n) is 4.32. The second kappa shape index (κ2) is 4.84. The van der Waals surface area contributed by atoms with Crippen LogP contribution in [0.2, 0.25) is 0 Å². The largest absolute Gasteiger partial charge is 0.394 e. The molecule has 0 saturated carbocycles. The Morgan fingerprint density at radius 1 is 1.38 bits per heavy atom. The molecular formula is C10H15NO2. The molecule has 1 aromatic carbocycles. The van der Waals surface area contributed by atoms with Crippen LogP contribution in [0.1, 0.15) is 5.56 Å². The van der Waals surface area contributed by atoms with Crippen molar-refractivity contribution in [1.29, 1.82) is 0 Å². The van der Waals surface area contributed by atoms with Crippen LogP contribution in [0.5, 0.6) is 0 Å². The standard InChI is InChI=1S/C10H15NO2/c1-8-4-2-3-5-10(8)11-6-9(13)7-12/h2-5,9,11-13H,6-7H2,1H3. The molecule has 1 unspecified atom stereocenters. The summed E-state index contributed by atoms with van der Waals surface area (Å²) in [6, 6.07) is 7.83. The SMILES string of the molecule is Cc1ccccc1NCC(O)CO. The summed E-state index contributed by atoms with van der Waals surface area (Å²) in [5, 5.41) is 20.7. The van der Waals surface area contributed by atoms with E-state index in [2.05, 4.69) is 5.32 Å². The van der Waals surface area contributed by atoms with Crippen molar-refractivity contribution in [1.82, 2.24) is 0 Å². The third kappa shape index (κ3) is 3.05. The fraction of sp³-hybridized carbons (Fsp3) is 0.400. The van der Waals surface area contributed by atoms with Gasteiger partial charge in [-0.15, -0.1) is 0 Å². The Morgan fingerprint density at radius 3 is 2.69 bits per heavy atom. The van der Waals surface area contributed by atoms with Crippen molar-refractivity contribution in [3.05, 3.63) is 29.8 Å². The van der Waals surface area contributed by atoms with Crippen molar-refractivity contribution in [3.8, 4) is 0 Å². The molecule has 0 spiro atoms. The van der Waals surface area contributed by atoms with Crippen LogP contribution in [0.4, 0.5) is 5.69 Å². The summed E-state index contributed by atoms with van der Waals surface area (Å²) in [6.07, 6.45) is -0.695. The predicted octanol–water partition coefficient (Wildman–Crippen LogP) is 0.760. The smallest absolute Gasteiger partial charge is 0.0942 e. The maximum atomic E-state index is 9.10. The van der Waals surface area contributed by atoms with Crippen LogP contribution < -0.4 is 5.32 Å². The molecule has 0 bridgehead atoms. The highest BCUT2D eigenvalue weighted by Crippen LogP contribution is 2.12. The summed E-state index contributed by atoms with van der Waals surface area (Å²) in [5.74, 6) is 0. The van der Waals surface area contributed by atoms with E-state index >= 15 is 0 Å². The van der Waals surface area contributed by atoms with Crippen LogP contribution in [0, 0.1) is 6.92 Å². The van der Waals surface area contributed by atoms with Crippen LogP contribution in [0.25, 0.3) is 0 Å². The molecule has 0 heterocycles. The van der Waals surface area contributed by atoms with E-state index in [9.17, 15) is 0 Å². The van der Waals surface area contributed by atoms with Gasteiger partial charge < -0.3 is 15.5 Å². The lowest BCUT2D eigenvalue weighted by atomic mass is 10.2. The van der Waals surface area contributed by atoms with Gasteiger partial charge in [-0.2, -0.15) is 0 Å². The van der Waals surface area contributed by atoms with Crippen molar-refractivity contribution in [2.75, 3.05) is 18.5 Å². The van der Waals surface area contributed by atoms with E-state index in [-0.39, 0.29) is 6.61 Å². The summed E-state index contributed by atoms with van der Waals surface area (Å²) in [5.41, 5.74) is 2.13. The maximum absolute atomic E-state index is 9.10. The Bertz CT molecular complexity index is 263. The van der Waals surface area contributed by atoms with E-state index in [4.69, 9.17) is 10.2 Å². The molecule has 1 rings (SSSR count). The Morgan fingerprint density at radius 2 is 2.08 bits per heavy atom. The molecule has 0 amide bonds. The first-order valence-corrected chi connectivity index (χ1v) is 4.32. The summed E-state index contributed by atoms with van der Waals surface area (Å²) >= 11 is 0. The zero-order valence-corrected chi connectivity index (χ0v) is 7.70. The van der Waals surface area contributed by atoms with E-state index in [1.807, 2.05) is 31.2 Å². The van der Waals surface area contributed by atoms with Crippen LogP contribution >= 0.6 is 0 Å². The molecule has 0 aromatic heterocycles. The zero-order chi connectivity index (χ0) is 9.68. The van der Waals surface area contributed by atoms with Gasteiger partial charge in [-0.25, -0.2) is 0 Å². The number of aryl methyl sites for hydroxylation is 1. The van der Waals surface area contributed by atoms with Crippen LogP contribution in [0.3, 0.4) is 0 Å².